The number of para-hydroxylation sites is 2. The summed E-state index contributed by atoms with van der Waals surface area (Å²) in [6.07, 6.45) is 3.53. The Bertz CT molecular complexity index is 1150. The van der Waals surface area contributed by atoms with Crippen molar-refractivity contribution in [1.82, 2.24) is 19.4 Å². The second-order valence-corrected chi connectivity index (χ2v) is 13.0. The molecule has 9 nitrogen and oxygen atoms in total. The number of aryl methyl sites for hydroxylation is 1. The van der Waals surface area contributed by atoms with Crippen molar-refractivity contribution >= 4 is 23.0 Å². The van der Waals surface area contributed by atoms with E-state index in [0.717, 1.165) is 36.7 Å². The number of fused-ring (bicyclic) bond motifs is 1. The van der Waals surface area contributed by atoms with E-state index in [1.54, 1.807) is 12.0 Å². The molecule has 222 valence electrons. The quantitative estimate of drug-likeness (QED) is 0.393. The molecule has 1 saturated carbocycles. The number of carbonyl (C=O) groups excluding carboxylic acids is 2. The second-order valence-electron chi connectivity index (χ2n) is 13.0. The molecular formula is C31H48N4O5. The van der Waals surface area contributed by atoms with Gasteiger partial charge in [0.2, 0.25) is 0 Å². The smallest absolute Gasteiger partial charge is 0.410 e. The van der Waals surface area contributed by atoms with Gasteiger partial charge in [-0.15, -0.1) is 0 Å². The molecule has 3 atom stereocenters. The topological polar surface area (TPSA) is 97.1 Å². The predicted octanol–water partition coefficient (Wildman–Crippen LogP) is 4.96. The number of hydrogen-bond donors (Lipinski definition) is 1. The number of ether oxygens (including phenoxy) is 2. The van der Waals surface area contributed by atoms with E-state index in [2.05, 4.69) is 13.8 Å². The van der Waals surface area contributed by atoms with Crippen LogP contribution in [0.3, 0.4) is 0 Å². The SMILES string of the molecule is COCCCCn1c(C(=O)N(CC(C)C)[C@H]2CC(C(O)C3CC3)CN(C(=O)OC(C)(C)C)C2)nc2ccccc21. The van der Waals surface area contributed by atoms with Gasteiger partial charge in [0, 0.05) is 45.8 Å². The minimum absolute atomic E-state index is 0.117. The van der Waals surface area contributed by atoms with Crippen LogP contribution in [-0.2, 0) is 16.0 Å². The number of imidazole rings is 1. The highest BCUT2D eigenvalue weighted by Gasteiger charge is 2.44. The van der Waals surface area contributed by atoms with Crippen molar-refractivity contribution < 1.29 is 24.2 Å². The number of nitrogens with zero attached hydrogens (tertiary/aromatic N) is 4. The van der Waals surface area contributed by atoms with Crippen LogP contribution in [0.4, 0.5) is 4.79 Å². The number of piperidine rings is 1. The Kier molecular flexibility index (Phi) is 9.77. The molecule has 1 aromatic heterocycles. The van der Waals surface area contributed by atoms with Gasteiger partial charge in [-0.1, -0.05) is 26.0 Å². The summed E-state index contributed by atoms with van der Waals surface area (Å²) in [7, 11) is 1.70. The lowest BCUT2D eigenvalue weighted by atomic mass is 9.86. The molecule has 1 aliphatic carbocycles. The van der Waals surface area contributed by atoms with Crippen molar-refractivity contribution in [2.75, 3.05) is 33.4 Å². The number of methoxy groups -OCH3 is 1. The van der Waals surface area contributed by atoms with Gasteiger partial charge in [0.05, 0.1) is 23.2 Å². The number of aromatic nitrogens is 2. The second kappa shape index (κ2) is 12.9. The monoisotopic (exact) mass is 556 g/mol. The number of aliphatic hydroxyl groups is 1. The van der Waals surface area contributed by atoms with Crippen molar-refractivity contribution in [2.45, 2.75) is 91.0 Å². The first kappa shape index (κ1) is 30.3. The minimum Gasteiger partial charge on any atom is -0.444 e. The highest BCUT2D eigenvalue weighted by atomic mass is 16.6. The molecule has 0 radical (unpaired) electrons. The summed E-state index contributed by atoms with van der Waals surface area (Å²) in [4.78, 5) is 36.1. The Hall–Kier alpha value is -2.65. The number of rotatable bonds is 11. The highest BCUT2D eigenvalue weighted by molar-refractivity contribution is 5.95. The van der Waals surface area contributed by atoms with Crippen LogP contribution in [0, 0.1) is 17.8 Å². The van der Waals surface area contributed by atoms with Gasteiger partial charge in [-0.25, -0.2) is 9.78 Å². The van der Waals surface area contributed by atoms with Crippen molar-refractivity contribution in [3.63, 3.8) is 0 Å². The molecule has 9 heteroatoms. The van der Waals surface area contributed by atoms with Gasteiger partial charge in [-0.05, 0) is 76.8 Å². The molecule has 4 rings (SSSR count). The molecule has 2 aliphatic rings. The zero-order chi connectivity index (χ0) is 29.0. The van der Waals surface area contributed by atoms with E-state index in [0.29, 0.717) is 45.0 Å². The van der Waals surface area contributed by atoms with Crippen LogP contribution in [-0.4, -0.2) is 87.6 Å². The summed E-state index contributed by atoms with van der Waals surface area (Å²) in [6.45, 7) is 12.4. The Morgan fingerprint density at radius 1 is 1.12 bits per heavy atom. The van der Waals surface area contributed by atoms with E-state index in [1.165, 1.54) is 0 Å². The molecule has 2 amide bonds. The van der Waals surface area contributed by atoms with E-state index >= 15 is 0 Å². The average molecular weight is 557 g/mol. The summed E-state index contributed by atoms with van der Waals surface area (Å²) in [6, 6.07) is 7.61. The van der Waals surface area contributed by atoms with Gasteiger partial charge < -0.3 is 28.9 Å². The number of benzene rings is 1. The third kappa shape index (κ3) is 7.55. The van der Waals surface area contributed by atoms with E-state index in [1.807, 2.05) is 54.5 Å². The van der Waals surface area contributed by atoms with Gasteiger partial charge in [0.1, 0.15) is 5.60 Å². The Morgan fingerprint density at radius 3 is 2.50 bits per heavy atom. The molecule has 2 fully saturated rings. The maximum absolute atomic E-state index is 14.4. The van der Waals surface area contributed by atoms with E-state index < -0.39 is 17.8 Å². The third-order valence-electron chi connectivity index (χ3n) is 7.79. The summed E-state index contributed by atoms with van der Waals surface area (Å²) < 4.78 is 13.0. The first-order valence-electron chi connectivity index (χ1n) is 14.9. The fraction of sp³-hybridized carbons (Fsp3) is 0.710. The standard InChI is InChI=1S/C31H48N4O5/c1-21(2)18-35(29(37)28-32-25-11-7-8-12-26(25)34(28)15-9-10-16-39-6)24-17-23(27(36)22-13-14-22)19-33(20-24)30(38)40-31(3,4)5/h7-8,11-12,21-24,27,36H,9-10,13-20H2,1-6H3/t23?,24-,27?/m0/s1. The molecule has 2 unspecified atom stereocenters. The molecule has 1 saturated heterocycles. The maximum Gasteiger partial charge on any atom is 0.410 e. The lowest BCUT2D eigenvalue weighted by molar-refractivity contribution is -0.0221. The van der Waals surface area contributed by atoms with E-state index in [9.17, 15) is 14.7 Å². The van der Waals surface area contributed by atoms with E-state index in [4.69, 9.17) is 14.5 Å². The first-order chi connectivity index (χ1) is 19.0. The van der Waals surface area contributed by atoms with Gasteiger partial charge in [0.15, 0.2) is 5.82 Å². The van der Waals surface area contributed by atoms with Crippen LogP contribution in [0.25, 0.3) is 11.0 Å². The van der Waals surface area contributed by atoms with Crippen molar-refractivity contribution in [3.05, 3.63) is 30.1 Å². The third-order valence-corrected chi connectivity index (χ3v) is 7.79. The van der Waals surface area contributed by atoms with Crippen LogP contribution < -0.4 is 0 Å². The number of amides is 2. The first-order valence-corrected chi connectivity index (χ1v) is 14.9. The Morgan fingerprint density at radius 2 is 1.85 bits per heavy atom. The number of hydrogen-bond acceptors (Lipinski definition) is 6. The van der Waals surface area contributed by atoms with Gasteiger partial charge >= 0.3 is 6.09 Å². The molecule has 0 bridgehead atoms. The average Bonchev–Trinajstić information content (AvgIpc) is 3.69. The molecule has 2 heterocycles. The Balaban J connectivity index is 1.66. The minimum atomic E-state index is -0.629. The van der Waals surface area contributed by atoms with Crippen LogP contribution in [0.15, 0.2) is 24.3 Å². The van der Waals surface area contributed by atoms with Crippen LogP contribution in [0.5, 0.6) is 0 Å². The van der Waals surface area contributed by atoms with Crippen molar-refractivity contribution in [3.8, 4) is 0 Å². The van der Waals surface area contributed by atoms with Crippen LogP contribution in [0.1, 0.15) is 77.3 Å². The highest BCUT2D eigenvalue weighted by Crippen LogP contribution is 2.39. The lowest BCUT2D eigenvalue weighted by Crippen LogP contribution is -2.57. The molecule has 2 aromatic rings. The zero-order valence-corrected chi connectivity index (χ0v) is 25.1. The number of unbranched alkanes of at least 4 members (excludes halogenated alkanes) is 1. The van der Waals surface area contributed by atoms with Crippen molar-refractivity contribution in [1.29, 1.82) is 0 Å². The molecule has 1 N–H and O–H groups in total. The summed E-state index contributed by atoms with van der Waals surface area (Å²) in [5, 5.41) is 11.2. The normalized spacial score (nSPS) is 20.6. The maximum atomic E-state index is 14.4. The molecule has 40 heavy (non-hydrogen) atoms. The largest absolute Gasteiger partial charge is 0.444 e. The fourth-order valence-electron chi connectivity index (χ4n) is 5.78. The summed E-state index contributed by atoms with van der Waals surface area (Å²) in [5.41, 5.74) is 1.10. The number of likely N-dealkylation sites (tertiary alicyclic amines) is 1. The number of aliphatic hydroxyl groups excluding tert-OH is 1. The Labute approximate surface area is 238 Å². The summed E-state index contributed by atoms with van der Waals surface area (Å²) in [5.74, 6) is 0.663. The fourth-order valence-corrected chi connectivity index (χ4v) is 5.78. The van der Waals surface area contributed by atoms with Crippen LogP contribution >= 0.6 is 0 Å². The zero-order valence-electron chi connectivity index (χ0n) is 25.1. The van der Waals surface area contributed by atoms with Gasteiger partial charge in [0.25, 0.3) is 5.91 Å². The van der Waals surface area contributed by atoms with Crippen LogP contribution in [0.2, 0.25) is 0 Å². The lowest BCUT2D eigenvalue weighted by Gasteiger charge is -2.44. The molecular weight excluding hydrogens is 508 g/mol. The predicted molar refractivity (Wildman–Crippen MR) is 155 cm³/mol. The summed E-state index contributed by atoms with van der Waals surface area (Å²) >= 11 is 0. The van der Waals surface area contributed by atoms with Gasteiger partial charge in [-0.2, -0.15) is 0 Å². The molecule has 1 aromatic carbocycles. The van der Waals surface area contributed by atoms with Gasteiger partial charge in [-0.3, -0.25) is 4.79 Å². The molecule has 1 aliphatic heterocycles. The van der Waals surface area contributed by atoms with E-state index in [-0.39, 0.29) is 29.7 Å². The molecule has 0 spiro atoms. The number of carbonyl (C=O) groups is 2. The van der Waals surface area contributed by atoms with Crippen molar-refractivity contribution in [2.24, 2.45) is 17.8 Å².